The first-order valence-corrected chi connectivity index (χ1v) is 5.05. The minimum atomic E-state index is 0.725. The van der Waals surface area contributed by atoms with Crippen LogP contribution < -0.4 is 0 Å². The van der Waals surface area contributed by atoms with Crippen LogP contribution >= 0.6 is 31.9 Å². The van der Waals surface area contributed by atoms with Crippen molar-refractivity contribution in [2.24, 2.45) is 0 Å². The maximum absolute atomic E-state index is 3.36. The summed E-state index contributed by atoms with van der Waals surface area (Å²) < 4.78 is 1.09. The number of benzene rings is 1. The molecule has 2 heteroatoms. The average Bonchev–Trinajstić information content (AvgIpc) is 2.04. The van der Waals surface area contributed by atoms with E-state index in [2.05, 4.69) is 43.7 Å². The molecular formula is C9H6Br2. The number of hydrogen-bond acceptors (Lipinski definition) is 0. The zero-order valence-corrected chi connectivity index (χ0v) is 8.94. The van der Waals surface area contributed by atoms with Crippen LogP contribution in [-0.4, -0.2) is 5.33 Å². The Morgan fingerprint density at radius 3 is 2.36 bits per heavy atom. The molecule has 0 aliphatic rings. The first-order chi connectivity index (χ1) is 5.33. The molecule has 0 spiro atoms. The van der Waals surface area contributed by atoms with E-state index in [1.165, 1.54) is 0 Å². The van der Waals surface area contributed by atoms with Crippen LogP contribution in [0.4, 0.5) is 0 Å². The van der Waals surface area contributed by atoms with Crippen LogP contribution in [0.25, 0.3) is 0 Å². The molecule has 1 aromatic carbocycles. The standard InChI is InChI=1S/C9H6Br2/c10-7-1-2-8-3-5-9(11)6-4-8/h3-6H,7H2. The highest BCUT2D eigenvalue weighted by Gasteiger charge is 1.85. The van der Waals surface area contributed by atoms with Crippen LogP contribution in [0, 0.1) is 11.8 Å². The van der Waals surface area contributed by atoms with Gasteiger partial charge in [0.1, 0.15) is 0 Å². The van der Waals surface area contributed by atoms with Gasteiger partial charge in [-0.3, -0.25) is 0 Å². The lowest BCUT2D eigenvalue weighted by atomic mass is 10.2. The van der Waals surface area contributed by atoms with Gasteiger partial charge in [0, 0.05) is 10.0 Å². The lowest BCUT2D eigenvalue weighted by Crippen LogP contribution is -1.72. The van der Waals surface area contributed by atoms with E-state index in [4.69, 9.17) is 0 Å². The molecule has 0 aliphatic carbocycles. The van der Waals surface area contributed by atoms with Crippen molar-refractivity contribution in [3.05, 3.63) is 34.3 Å². The molecule has 0 heterocycles. The Balaban J connectivity index is 2.82. The zero-order valence-electron chi connectivity index (χ0n) is 5.77. The molecule has 0 N–H and O–H groups in total. The summed E-state index contributed by atoms with van der Waals surface area (Å²) in [4.78, 5) is 0. The molecule has 0 atom stereocenters. The molecular weight excluding hydrogens is 268 g/mol. The predicted octanol–water partition coefficient (Wildman–Crippen LogP) is 3.20. The second kappa shape index (κ2) is 4.58. The van der Waals surface area contributed by atoms with Crippen molar-refractivity contribution in [2.45, 2.75) is 0 Å². The fraction of sp³-hybridized carbons (Fsp3) is 0.111. The highest BCUT2D eigenvalue weighted by atomic mass is 79.9. The number of alkyl halides is 1. The molecule has 1 aromatic rings. The Morgan fingerprint density at radius 2 is 1.82 bits per heavy atom. The van der Waals surface area contributed by atoms with Crippen molar-refractivity contribution in [3.63, 3.8) is 0 Å². The van der Waals surface area contributed by atoms with E-state index >= 15 is 0 Å². The van der Waals surface area contributed by atoms with Crippen LogP contribution in [0.2, 0.25) is 0 Å². The van der Waals surface area contributed by atoms with E-state index < -0.39 is 0 Å². The summed E-state index contributed by atoms with van der Waals surface area (Å²) >= 11 is 6.59. The van der Waals surface area contributed by atoms with Crippen LogP contribution in [0.5, 0.6) is 0 Å². The fourth-order valence-corrected chi connectivity index (χ4v) is 1.07. The second-order valence-electron chi connectivity index (χ2n) is 1.94. The first-order valence-electron chi connectivity index (χ1n) is 3.13. The van der Waals surface area contributed by atoms with Gasteiger partial charge in [0.25, 0.3) is 0 Å². The maximum atomic E-state index is 3.36. The highest BCUT2D eigenvalue weighted by molar-refractivity contribution is 9.10. The third kappa shape index (κ3) is 3.09. The Bertz CT molecular complexity index is 277. The van der Waals surface area contributed by atoms with Crippen molar-refractivity contribution < 1.29 is 0 Å². The fourth-order valence-electron chi connectivity index (χ4n) is 0.669. The van der Waals surface area contributed by atoms with E-state index in [9.17, 15) is 0 Å². The molecule has 11 heavy (non-hydrogen) atoms. The summed E-state index contributed by atoms with van der Waals surface area (Å²) in [6.07, 6.45) is 0. The van der Waals surface area contributed by atoms with Gasteiger partial charge < -0.3 is 0 Å². The normalized spacial score (nSPS) is 8.55. The third-order valence-corrected chi connectivity index (χ3v) is 1.95. The Kier molecular flexibility index (Phi) is 3.68. The van der Waals surface area contributed by atoms with Crippen LogP contribution in [-0.2, 0) is 0 Å². The minimum Gasteiger partial charge on any atom is -0.0863 e. The average molecular weight is 274 g/mol. The minimum absolute atomic E-state index is 0.725. The smallest absolute Gasteiger partial charge is 0.0649 e. The molecule has 0 saturated heterocycles. The molecule has 0 saturated carbocycles. The number of halogens is 2. The lowest BCUT2D eigenvalue weighted by molar-refractivity contribution is 1.60. The quantitative estimate of drug-likeness (QED) is 0.503. The molecule has 0 amide bonds. The predicted molar refractivity (Wildman–Crippen MR) is 54.8 cm³/mol. The van der Waals surface area contributed by atoms with E-state index in [-0.39, 0.29) is 0 Å². The molecule has 0 aromatic heterocycles. The van der Waals surface area contributed by atoms with E-state index in [1.807, 2.05) is 24.3 Å². The molecule has 0 aliphatic heterocycles. The summed E-state index contributed by atoms with van der Waals surface area (Å²) in [7, 11) is 0. The van der Waals surface area contributed by atoms with Crippen molar-refractivity contribution in [2.75, 3.05) is 5.33 Å². The monoisotopic (exact) mass is 272 g/mol. The van der Waals surface area contributed by atoms with Crippen molar-refractivity contribution in [3.8, 4) is 11.8 Å². The summed E-state index contributed by atoms with van der Waals surface area (Å²) in [5.41, 5.74) is 1.05. The van der Waals surface area contributed by atoms with Crippen molar-refractivity contribution >= 4 is 31.9 Å². The van der Waals surface area contributed by atoms with Gasteiger partial charge in [-0.25, -0.2) is 0 Å². The molecule has 0 radical (unpaired) electrons. The summed E-state index contributed by atoms with van der Waals surface area (Å²) in [5.74, 6) is 5.94. The molecule has 1 rings (SSSR count). The highest BCUT2D eigenvalue weighted by Crippen LogP contribution is 2.09. The Labute approximate surface area is 83.3 Å². The summed E-state index contributed by atoms with van der Waals surface area (Å²) in [5, 5.41) is 0.725. The topological polar surface area (TPSA) is 0 Å². The summed E-state index contributed by atoms with van der Waals surface area (Å²) in [6, 6.07) is 7.94. The second-order valence-corrected chi connectivity index (χ2v) is 3.42. The third-order valence-electron chi connectivity index (χ3n) is 1.14. The van der Waals surface area contributed by atoms with E-state index in [0.29, 0.717) is 0 Å². The molecule has 0 bridgehead atoms. The van der Waals surface area contributed by atoms with E-state index in [1.54, 1.807) is 0 Å². The molecule has 0 fully saturated rings. The van der Waals surface area contributed by atoms with Gasteiger partial charge in [0.15, 0.2) is 0 Å². The van der Waals surface area contributed by atoms with E-state index in [0.717, 1.165) is 15.4 Å². The Morgan fingerprint density at radius 1 is 1.18 bits per heavy atom. The van der Waals surface area contributed by atoms with Gasteiger partial charge in [-0.05, 0) is 24.3 Å². The zero-order chi connectivity index (χ0) is 8.10. The van der Waals surface area contributed by atoms with Gasteiger partial charge in [0.2, 0.25) is 0 Å². The van der Waals surface area contributed by atoms with Crippen molar-refractivity contribution in [1.82, 2.24) is 0 Å². The van der Waals surface area contributed by atoms with Gasteiger partial charge in [-0.2, -0.15) is 0 Å². The SMILES string of the molecule is BrCC#Cc1ccc(Br)cc1. The van der Waals surface area contributed by atoms with Crippen LogP contribution in [0.1, 0.15) is 5.56 Å². The number of rotatable bonds is 0. The largest absolute Gasteiger partial charge is 0.0863 e. The van der Waals surface area contributed by atoms with Crippen LogP contribution in [0.3, 0.4) is 0 Å². The van der Waals surface area contributed by atoms with Gasteiger partial charge >= 0.3 is 0 Å². The summed E-state index contributed by atoms with van der Waals surface area (Å²) in [6.45, 7) is 0. The number of hydrogen-bond donors (Lipinski definition) is 0. The lowest BCUT2D eigenvalue weighted by Gasteiger charge is -1.89. The Hall–Kier alpha value is -0.260. The first kappa shape index (κ1) is 8.83. The van der Waals surface area contributed by atoms with Gasteiger partial charge in [-0.1, -0.05) is 43.7 Å². The molecule has 0 nitrogen and oxygen atoms in total. The van der Waals surface area contributed by atoms with Gasteiger partial charge in [0.05, 0.1) is 5.33 Å². The van der Waals surface area contributed by atoms with Crippen molar-refractivity contribution in [1.29, 1.82) is 0 Å². The maximum Gasteiger partial charge on any atom is 0.0649 e. The van der Waals surface area contributed by atoms with Gasteiger partial charge in [-0.15, -0.1) is 0 Å². The van der Waals surface area contributed by atoms with Crippen LogP contribution in [0.15, 0.2) is 28.7 Å². The molecule has 0 unspecified atom stereocenters. The molecule has 56 valence electrons.